The lowest BCUT2D eigenvalue weighted by Crippen LogP contribution is -2.45. The van der Waals surface area contributed by atoms with Crippen LogP contribution in [0, 0.1) is 5.92 Å². The van der Waals surface area contributed by atoms with Gasteiger partial charge in [0.15, 0.2) is 0 Å². The maximum Gasteiger partial charge on any atom is 0.229 e. The Kier molecular flexibility index (Phi) is 6.14. The molecule has 0 radical (unpaired) electrons. The zero-order valence-electron chi connectivity index (χ0n) is 12.9. The first-order valence-corrected chi connectivity index (χ1v) is 7.75. The van der Waals surface area contributed by atoms with E-state index in [9.17, 15) is 4.79 Å². The quantitative estimate of drug-likeness (QED) is 0.826. The fourth-order valence-electron chi connectivity index (χ4n) is 2.62. The van der Waals surface area contributed by atoms with Gasteiger partial charge in [0.1, 0.15) is 0 Å². The number of rotatable bonds is 7. The van der Waals surface area contributed by atoms with Gasteiger partial charge in [-0.1, -0.05) is 6.92 Å². The van der Waals surface area contributed by atoms with Gasteiger partial charge in [-0.15, -0.1) is 0 Å². The summed E-state index contributed by atoms with van der Waals surface area (Å²) in [6, 6.07) is 4.05. The molecule has 116 valence electrons. The molecule has 0 spiro atoms. The number of hydrogen-bond acceptors (Lipinski definition) is 4. The van der Waals surface area contributed by atoms with E-state index in [-0.39, 0.29) is 17.9 Å². The van der Waals surface area contributed by atoms with Crippen LogP contribution in [-0.2, 0) is 16.1 Å². The van der Waals surface area contributed by atoms with Crippen LogP contribution in [0.3, 0.4) is 0 Å². The second kappa shape index (κ2) is 8.10. The monoisotopic (exact) mass is 291 g/mol. The van der Waals surface area contributed by atoms with Gasteiger partial charge in [0.2, 0.25) is 5.91 Å². The van der Waals surface area contributed by atoms with Crippen LogP contribution in [0.1, 0.15) is 25.8 Å². The molecule has 5 heteroatoms. The first kappa shape index (κ1) is 15.9. The summed E-state index contributed by atoms with van der Waals surface area (Å²) in [5.74, 6) is 0.110. The lowest BCUT2D eigenvalue weighted by molar-refractivity contribution is -0.136. The predicted octanol–water partition coefficient (Wildman–Crippen LogP) is 1.44. The fraction of sp³-hybridized carbons (Fsp3) is 0.625. The van der Waals surface area contributed by atoms with Gasteiger partial charge in [0, 0.05) is 31.5 Å². The number of aromatic nitrogens is 1. The minimum Gasteiger partial charge on any atom is -0.379 e. The summed E-state index contributed by atoms with van der Waals surface area (Å²) in [5, 5.41) is 3.42. The summed E-state index contributed by atoms with van der Waals surface area (Å²) in [5.41, 5.74) is 1.11. The predicted molar refractivity (Wildman–Crippen MR) is 81.7 cm³/mol. The second-order valence-electron chi connectivity index (χ2n) is 5.41. The van der Waals surface area contributed by atoms with Crippen LogP contribution in [0.5, 0.6) is 0 Å². The highest BCUT2D eigenvalue weighted by Crippen LogP contribution is 2.18. The third kappa shape index (κ3) is 4.25. The van der Waals surface area contributed by atoms with Crippen LogP contribution in [0.4, 0.5) is 0 Å². The van der Waals surface area contributed by atoms with E-state index in [1.54, 1.807) is 12.4 Å². The van der Waals surface area contributed by atoms with Crippen molar-refractivity contribution in [1.29, 1.82) is 0 Å². The van der Waals surface area contributed by atoms with Crippen LogP contribution in [0.2, 0.25) is 0 Å². The molecule has 1 fully saturated rings. The highest BCUT2D eigenvalue weighted by molar-refractivity contribution is 5.80. The fourth-order valence-corrected chi connectivity index (χ4v) is 2.62. The van der Waals surface area contributed by atoms with Crippen molar-refractivity contribution >= 4 is 5.91 Å². The number of carbonyl (C=O) groups is 1. The molecule has 5 nitrogen and oxygen atoms in total. The normalized spacial score (nSPS) is 21.4. The molecule has 1 aliphatic heterocycles. The van der Waals surface area contributed by atoms with Crippen LogP contribution < -0.4 is 5.32 Å². The molecule has 0 saturated carbocycles. The van der Waals surface area contributed by atoms with E-state index in [2.05, 4.69) is 17.2 Å². The van der Waals surface area contributed by atoms with Gasteiger partial charge in [-0.2, -0.15) is 0 Å². The summed E-state index contributed by atoms with van der Waals surface area (Å²) in [6.45, 7) is 7.56. The summed E-state index contributed by atoms with van der Waals surface area (Å²) in [7, 11) is 0. The van der Waals surface area contributed by atoms with Crippen molar-refractivity contribution in [3.05, 3.63) is 30.1 Å². The molecule has 2 heterocycles. The molecule has 0 bridgehead atoms. The molecule has 1 aromatic heterocycles. The first-order chi connectivity index (χ1) is 10.3. The Morgan fingerprint density at radius 3 is 2.81 bits per heavy atom. The molecule has 21 heavy (non-hydrogen) atoms. The van der Waals surface area contributed by atoms with Gasteiger partial charge in [0.25, 0.3) is 0 Å². The molecular weight excluding hydrogens is 266 g/mol. The van der Waals surface area contributed by atoms with E-state index in [1.165, 1.54) is 0 Å². The summed E-state index contributed by atoms with van der Waals surface area (Å²) < 4.78 is 5.51. The van der Waals surface area contributed by atoms with Crippen LogP contribution >= 0.6 is 0 Å². The molecule has 2 rings (SSSR count). The van der Waals surface area contributed by atoms with Crippen molar-refractivity contribution in [3.8, 4) is 0 Å². The maximum atomic E-state index is 12.7. The average Bonchev–Trinajstić information content (AvgIpc) is 2.99. The Morgan fingerprint density at radius 1 is 1.38 bits per heavy atom. The highest BCUT2D eigenvalue weighted by atomic mass is 16.5. The van der Waals surface area contributed by atoms with Crippen molar-refractivity contribution in [2.45, 2.75) is 32.9 Å². The molecule has 1 aromatic rings. The van der Waals surface area contributed by atoms with Crippen molar-refractivity contribution in [2.24, 2.45) is 5.92 Å². The van der Waals surface area contributed by atoms with E-state index >= 15 is 0 Å². The van der Waals surface area contributed by atoms with Gasteiger partial charge >= 0.3 is 0 Å². The largest absolute Gasteiger partial charge is 0.379 e. The molecule has 1 N–H and O–H groups in total. The van der Waals surface area contributed by atoms with Gasteiger partial charge in [0.05, 0.1) is 19.1 Å². The van der Waals surface area contributed by atoms with Gasteiger partial charge in [-0.3, -0.25) is 9.78 Å². The number of pyridine rings is 1. The number of amides is 1. The minimum absolute atomic E-state index is 0.0710. The Morgan fingerprint density at radius 2 is 2.14 bits per heavy atom. The van der Waals surface area contributed by atoms with E-state index in [1.807, 2.05) is 24.0 Å². The topological polar surface area (TPSA) is 54.5 Å². The minimum atomic E-state index is -0.0710. The van der Waals surface area contributed by atoms with E-state index in [0.29, 0.717) is 26.3 Å². The third-order valence-corrected chi connectivity index (χ3v) is 3.87. The van der Waals surface area contributed by atoms with Crippen molar-refractivity contribution in [1.82, 2.24) is 15.2 Å². The molecule has 2 atom stereocenters. The average molecular weight is 291 g/mol. The lowest BCUT2D eigenvalue weighted by Gasteiger charge is -2.27. The van der Waals surface area contributed by atoms with Gasteiger partial charge in [-0.25, -0.2) is 0 Å². The van der Waals surface area contributed by atoms with Crippen LogP contribution in [0.15, 0.2) is 24.5 Å². The summed E-state index contributed by atoms with van der Waals surface area (Å²) in [6.07, 6.45) is 4.59. The number of nitrogens with zero attached hydrogens (tertiary/aromatic N) is 2. The van der Waals surface area contributed by atoms with E-state index in [4.69, 9.17) is 4.74 Å². The second-order valence-corrected chi connectivity index (χ2v) is 5.41. The smallest absolute Gasteiger partial charge is 0.229 e. The van der Waals surface area contributed by atoms with Crippen LogP contribution in [-0.4, -0.2) is 48.1 Å². The Hall–Kier alpha value is -1.46. The van der Waals surface area contributed by atoms with Crippen molar-refractivity contribution < 1.29 is 9.53 Å². The van der Waals surface area contributed by atoms with Crippen molar-refractivity contribution in [3.63, 3.8) is 0 Å². The van der Waals surface area contributed by atoms with Gasteiger partial charge < -0.3 is 15.0 Å². The SMILES string of the molecule is CCCNC1COCC1C(=O)N(CC)Cc1ccncc1. The Balaban J connectivity index is 1.98. The Bertz CT molecular complexity index is 438. The summed E-state index contributed by atoms with van der Waals surface area (Å²) >= 11 is 0. The standard InChI is InChI=1S/C16H25N3O2/c1-3-7-18-15-12-21-11-14(15)16(20)19(4-2)10-13-5-8-17-9-6-13/h5-6,8-9,14-15,18H,3-4,7,10-12H2,1-2H3. The number of ether oxygens (including phenoxy) is 1. The number of carbonyl (C=O) groups excluding carboxylic acids is 1. The first-order valence-electron chi connectivity index (χ1n) is 7.75. The molecule has 1 amide bonds. The molecule has 1 saturated heterocycles. The molecular formula is C16H25N3O2. The highest BCUT2D eigenvalue weighted by Gasteiger charge is 2.35. The van der Waals surface area contributed by atoms with Crippen LogP contribution in [0.25, 0.3) is 0 Å². The maximum absolute atomic E-state index is 12.7. The number of nitrogens with one attached hydrogen (secondary N) is 1. The van der Waals surface area contributed by atoms with Gasteiger partial charge in [-0.05, 0) is 37.6 Å². The van der Waals surface area contributed by atoms with E-state index in [0.717, 1.165) is 18.5 Å². The zero-order chi connectivity index (χ0) is 15.1. The zero-order valence-corrected chi connectivity index (χ0v) is 12.9. The molecule has 2 unspecified atom stereocenters. The molecule has 0 aromatic carbocycles. The molecule has 0 aliphatic carbocycles. The Labute approximate surface area is 126 Å². The summed E-state index contributed by atoms with van der Waals surface area (Å²) in [4.78, 5) is 18.7. The number of hydrogen-bond donors (Lipinski definition) is 1. The van der Waals surface area contributed by atoms with E-state index < -0.39 is 0 Å². The third-order valence-electron chi connectivity index (χ3n) is 3.87. The van der Waals surface area contributed by atoms with Crippen molar-refractivity contribution in [2.75, 3.05) is 26.3 Å². The molecule has 1 aliphatic rings. The lowest BCUT2D eigenvalue weighted by atomic mass is 10.0.